The quantitative estimate of drug-likeness (QED) is 0.395. The number of nitrogens with one attached hydrogen (secondary N) is 1. The third kappa shape index (κ3) is 4.71. The van der Waals surface area contributed by atoms with Crippen LogP contribution in [-0.2, 0) is 32.2 Å². The van der Waals surface area contributed by atoms with E-state index in [0.29, 0.717) is 18.0 Å². The highest BCUT2D eigenvalue weighted by Gasteiger charge is 2.30. The van der Waals surface area contributed by atoms with Crippen LogP contribution in [0.1, 0.15) is 25.2 Å². The third-order valence-corrected chi connectivity index (χ3v) is 4.91. The SMILES string of the molecule is CCn1c(=O)c2[nH]c(C=Cc3ccc(OC(C(=O)OC)C(=O)OC)cc3)nc2n(CC)c1=O. The lowest BCUT2D eigenvalue weighted by molar-refractivity contribution is -0.163. The number of nitrogens with zero attached hydrogens (tertiary/aromatic N) is 3. The lowest BCUT2D eigenvalue weighted by atomic mass is 10.2. The van der Waals surface area contributed by atoms with Gasteiger partial charge in [-0.3, -0.25) is 13.9 Å². The Hall–Kier alpha value is -4.15. The number of aryl methyl sites for hydroxylation is 1. The standard InChI is InChI=1S/C22H24N4O7/c1-5-25-18-16(19(27)26(6-2)22(25)30)23-15(24-18)12-9-13-7-10-14(11-8-13)33-17(20(28)31-3)21(29)32-4/h7-12,17H,5-6H2,1-4H3,(H,23,24). The molecule has 0 aliphatic heterocycles. The molecular formula is C22H24N4O7. The van der Waals surface area contributed by atoms with E-state index in [4.69, 9.17) is 4.74 Å². The van der Waals surface area contributed by atoms with Crippen molar-refractivity contribution in [2.75, 3.05) is 14.2 Å². The van der Waals surface area contributed by atoms with E-state index >= 15 is 0 Å². The summed E-state index contributed by atoms with van der Waals surface area (Å²) in [5.41, 5.74) is 0.513. The van der Waals surface area contributed by atoms with E-state index in [-0.39, 0.29) is 17.8 Å². The van der Waals surface area contributed by atoms with E-state index in [2.05, 4.69) is 19.4 Å². The Labute approximate surface area is 188 Å². The summed E-state index contributed by atoms with van der Waals surface area (Å²) in [7, 11) is 2.29. The molecule has 0 bridgehead atoms. The van der Waals surface area contributed by atoms with Crippen LogP contribution in [0.3, 0.4) is 0 Å². The van der Waals surface area contributed by atoms with Gasteiger partial charge in [0.2, 0.25) is 0 Å². The summed E-state index contributed by atoms with van der Waals surface area (Å²) in [6, 6.07) is 6.55. The van der Waals surface area contributed by atoms with Gasteiger partial charge in [0, 0.05) is 13.1 Å². The van der Waals surface area contributed by atoms with Crippen LogP contribution in [0.15, 0.2) is 33.9 Å². The molecule has 0 unspecified atom stereocenters. The molecule has 0 radical (unpaired) electrons. The van der Waals surface area contributed by atoms with Gasteiger partial charge >= 0.3 is 17.6 Å². The van der Waals surface area contributed by atoms with E-state index in [1.54, 1.807) is 43.3 Å². The monoisotopic (exact) mass is 456 g/mol. The molecule has 0 spiro atoms. The van der Waals surface area contributed by atoms with Crippen LogP contribution in [0.2, 0.25) is 0 Å². The zero-order chi connectivity index (χ0) is 24.1. The molecule has 11 heteroatoms. The van der Waals surface area contributed by atoms with Crippen molar-refractivity contribution in [1.29, 1.82) is 0 Å². The van der Waals surface area contributed by atoms with Gasteiger partial charge in [-0.1, -0.05) is 18.2 Å². The van der Waals surface area contributed by atoms with Crippen LogP contribution in [-0.4, -0.2) is 51.4 Å². The number of ether oxygens (including phenoxy) is 3. The summed E-state index contributed by atoms with van der Waals surface area (Å²) >= 11 is 0. The molecule has 3 aromatic rings. The van der Waals surface area contributed by atoms with Crippen LogP contribution in [0.4, 0.5) is 0 Å². The molecule has 0 saturated heterocycles. The Kier molecular flexibility index (Phi) is 7.11. The fraction of sp³-hybridized carbons (Fsp3) is 0.318. The predicted octanol–water partition coefficient (Wildman–Crippen LogP) is 1.19. The molecule has 33 heavy (non-hydrogen) atoms. The average Bonchev–Trinajstić information content (AvgIpc) is 3.26. The summed E-state index contributed by atoms with van der Waals surface area (Å²) in [5, 5.41) is 0. The third-order valence-electron chi connectivity index (χ3n) is 4.91. The Balaban J connectivity index is 1.85. The molecule has 0 atom stereocenters. The van der Waals surface area contributed by atoms with Gasteiger partial charge in [-0.2, -0.15) is 0 Å². The van der Waals surface area contributed by atoms with Gasteiger partial charge in [-0.15, -0.1) is 0 Å². The van der Waals surface area contributed by atoms with E-state index in [9.17, 15) is 19.2 Å². The van der Waals surface area contributed by atoms with Crippen molar-refractivity contribution in [3.63, 3.8) is 0 Å². The van der Waals surface area contributed by atoms with Crippen molar-refractivity contribution in [2.45, 2.75) is 33.0 Å². The highest BCUT2D eigenvalue weighted by molar-refractivity contribution is 5.98. The first-order valence-corrected chi connectivity index (χ1v) is 10.2. The first-order chi connectivity index (χ1) is 15.8. The van der Waals surface area contributed by atoms with Crippen LogP contribution >= 0.6 is 0 Å². The second kappa shape index (κ2) is 9.98. The molecule has 11 nitrogen and oxygen atoms in total. The van der Waals surface area contributed by atoms with Gasteiger partial charge < -0.3 is 19.2 Å². The molecule has 0 saturated carbocycles. The van der Waals surface area contributed by atoms with Crippen LogP contribution in [0.5, 0.6) is 5.75 Å². The first kappa shape index (κ1) is 23.5. The number of fused-ring (bicyclic) bond motifs is 1. The van der Waals surface area contributed by atoms with Crippen molar-refractivity contribution in [2.24, 2.45) is 0 Å². The number of aromatic amines is 1. The molecule has 2 heterocycles. The van der Waals surface area contributed by atoms with Crippen LogP contribution in [0.25, 0.3) is 23.3 Å². The number of rotatable bonds is 8. The minimum Gasteiger partial charge on any atom is -0.467 e. The maximum absolute atomic E-state index is 12.6. The van der Waals surface area contributed by atoms with Crippen molar-refractivity contribution < 1.29 is 23.8 Å². The fourth-order valence-electron chi connectivity index (χ4n) is 3.20. The van der Waals surface area contributed by atoms with Crippen molar-refractivity contribution in [3.8, 4) is 5.75 Å². The Morgan fingerprint density at radius 2 is 1.61 bits per heavy atom. The number of benzene rings is 1. The number of esters is 2. The molecule has 0 fully saturated rings. The number of carbonyl (C=O) groups excluding carboxylic acids is 2. The maximum Gasteiger partial charge on any atom is 0.359 e. The number of imidazole rings is 1. The highest BCUT2D eigenvalue weighted by Crippen LogP contribution is 2.17. The minimum atomic E-state index is -1.53. The molecule has 1 aromatic carbocycles. The average molecular weight is 456 g/mol. The summed E-state index contributed by atoms with van der Waals surface area (Å²) in [6.07, 6.45) is 1.88. The molecule has 174 valence electrons. The molecule has 3 rings (SSSR count). The number of carbonyl (C=O) groups is 2. The van der Waals surface area contributed by atoms with Crippen molar-refractivity contribution in [3.05, 3.63) is 56.5 Å². The molecule has 0 aliphatic carbocycles. The van der Waals surface area contributed by atoms with Gasteiger partial charge in [0.05, 0.1) is 14.2 Å². The summed E-state index contributed by atoms with van der Waals surface area (Å²) in [6.45, 7) is 4.18. The van der Waals surface area contributed by atoms with Gasteiger partial charge in [0.1, 0.15) is 17.1 Å². The zero-order valence-corrected chi connectivity index (χ0v) is 18.7. The number of aromatic nitrogens is 4. The summed E-state index contributed by atoms with van der Waals surface area (Å²) < 4.78 is 17.1. The number of methoxy groups -OCH3 is 2. The molecule has 0 aliphatic rings. The summed E-state index contributed by atoms with van der Waals surface area (Å²) in [4.78, 5) is 55.9. The molecular weight excluding hydrogens is 432 g/mol. The second-order valence-electron chi connectivity index (χ2n) is 6.84. The highest BCUT2D eigenvalue weighted by atomic mass is 16.6. The Morgan fingerprint density at radius 1 is 1.00 bits per heavy atom. The Bertz CT molecular complexity index is 1300. The maximum atomic E-state index is 12.6. The molecule has 2 aromatic heterocycles. The summed E-state index contributed by atoms with van der Waals surface area (Å²) in [5.74, 6) is -1.06. The normalized spacial score (nSPS) is 11.3. The van der Waals surface area contributed by atoms with E-state index in [1.165, 1.54) is 4.57 Å². The topological polar surface area (TPSA) is 135 Å². The molecule has 0 amide bonds. The fourth-order valence-corrected chi connectivity index (χ4v) is 3.20. The van der Waals surface area contributed by atoms with Crippen LogP contribution < -0.4 is 16.0 Å². The van der Waals surface area contributed by atoms with Gasteiger partial charge in [-0.05, 0) is 37.6 Å². The van der Waals surface area contributed by atoms with Crippen molar-refractivity contribution in [1.82, 2.24) is 19.1 Å². The predicted molar refractivity (Wildman–Crippen MR) is 120 cm³/mol. The largest absolute Gasteiger partial charge is 0.467 e. The van der Waals surface area contributed by atoms with E-state index in [1.807, 2.05) is 6.92 Å². The smallest absolute Gasteiger partial charge is 0.359 e. The van der Waals surface area contributed by atoms with E-state index < -0.39 is 29.3 Å². The number of H-pyrrole nitrogens is 1. The first-order valence-electron chi connectivity index (χ1n) is 10.2. The van der Waals surface area contributed by atoms with Crippen molar-refractivity contribution >= 4 is 35.3 Å². The van der Waals surface area contributed by atoms with Gasteiger partial charge in [-0.25, -0.2) is 19.4 Å². The van der Waals surface area contributed by atoms with Gasteiger partial charge in [0.15, 0.2) is 5.65 Å². The van der Waals surface area contributed by atoms with Crippen LogP contribution in [0, 0.1) is 0 Å². The second-order valence-corrected chi connectivity index (χ2v) is 6.84. The van der Waals surface area contributed by atoms with E-state index in [0.717, 1.165) is 24.4 Å². The number of hydrogen-bond acceptors (Lipinski definition) is 8. The van der Waals surface area contributed by atoms with Gasteiger partial charge in [0.25, 0.3) is 11.7 Å². The lowest BCUT2D eigenvalue weighted by Crippen LogP contribution is -2.39. The Morgan fingerprint density at radius 3 is 2.15 bits per heavy atom. The molecule has 1 N–H and O–H groups in total. The number of hydrogen-bond donors (Lipinski definition) is 1. The lowest BCUT2D eigenvalue weighted by Gasteiger charge is -2.14. The zero-order valence-electron chi connectivity index (χ0n) is 18.7. The minimum absolute atomic E-state index is 0.262.